The molecule has 3 rings (SSSR count). The second-order valence-electron chi connectivity index (χ2n) is 9.55. The summed E-state index contributed by atoms with van der Waals surface area (Å²) in [5.74, 6) is 0. The van der Waals surface area contributed by atoms with Crippen molar-refractivity contribution in [2.75, 3.05) is 0 Å². The van der Waals surface area contributed by atoms with Crippen LogP contribution in [0.3, 0.4) is 0 Å². The third kappa shape index (κ3) is 12.5. The van der Waals surface area contributed by atoms with Gasteiger partial charge in [0.2, 0.25) is 0 Å². The maximum Gasteiger partial charge on any atom is -0.0178 e. The van der Waals surface area contributed by atoms with Gasteiger partial charge in [0.05, 0.1) is 0 Å². The van der Waals surface area contributed by atoms with Crippen LogP contribution < -0.4 is 0 Å². The van der Waals surface area contributed by atoms with Gasteiger partial charge in [0, 0.05) is 0 Å². The highest BCUT2D eigenvalue weighted by Gasteiger charge is 1.96. The molecule has 3 aromatic carbocycles. The van der Waals surface area contributed by atoms with Gasteiger partial charge < -0.3 is 0 Å². The Morgan fingerprint density at radius 2 is 0.577 bits per heavy atom. The zero-order valence-electron chi connectivity index (χ0n) is 18.8. The summed E-state index contributed by atoms with van der Waals surface area (Å²) < 4.78 is 0. The van der Waals surface area contributed by atoms with E-state index in [1.807, 2.05) is 13.8 Å². The number of hydrogen-bond acceptors (Lipinski definition) is 0. The quantitative estimate of drug-likeness (QED) is 0.354. The summed E-state index contributed by atoms with van der Waals surface area (Å²) in [7, 11) is 0. The third-order valence-corrected chi connectivity index (χ3v) is 2.61. The second kappa shape index (κ2) is 11.0. The normalized spacial score (nSPS) is 10.7. The van der Waals surface area contributed by atoms with Crippen molar-refractivity contribution in [3.63, 3.8) is 0 Å². The van der Waals surface area contributed by atoms with Gasteiger partial charge in [-0.15, -0.1) is 0 Å². The third-order valence-electron chi connectivity index (χ3n) is 2.61. The van der Waals surface area contributed by atoms with E-state index < -0.39 is 0 Å². The minimum absolute atomic E-state index is 0.500. The molecule has 144 valence electrons. The van der Waals surface area contributed by atoms with E-state index in [9.17, 15) is 0 Å². The highest BCUT2D eigenvalue weighted by molar-refractivity contribution is 5.98. The Balaban J connectivity index is 0.000000439. The van der Waals surface area contributed by atoms with E-state index in [2.05, 4.69) is 116 Å². The van der Waals surface area contributed by atoms with Gasteiger partial charge in [-0.1, -0.05) is 118 Å². The molecule has 0 saturated carbocycles. The van der Waals surface area contributed by atoms with E-state index in [0.29, 0.717) is 10.8 Å². The van der Waals surface area contributed by atoms with Gasteiger partial charge in [0.15, 0.2) is 0 Å². The minimum atomic E-state index is 0.500. The lowest BCUT2D eigenvalue weighted by molar-refractivity contribution is 0.469. The molecule has 0 radical (unpaired) electrons. The molecule has 0 aliphatic rings. The Bertz CT molecular complexity index is 623. The molecule has 0 bridgehead atoms. The molecular weight excluding hydrogens is 312 g/mol. The van der Waals surface area contributed by atoms with Gasteiger partial charge in [-0.25, -0.2) is 0 Å². The molecule has 0 amide bonds. The van der Waals surface area contributed by atoms with Crippen LogP contribution in [-0.4, -0.2) is 0 Å². The van der Waals surface area contributed by atoms with Crippen molar-refractivity contribution in [1.82, 2.24) is 0 Å². The van der Waals surface area contributed by atoms with Crippen molar-refractivity contribution >= 4 is 21.5 Å². The standard InChI is InChI=1S/C14H10.2C5H12.C2H6/c1-2-6-12-10-14-8-4-3-7-13(14)9-11(12)5-1;2*1-5(2,3)4;1-2/h1-10H;2*1-4H3;1-2H3. The zero-order chi connectivity index (χ0) is 20.4. The van der Waals surface area contributed by atoms with Gasteiger partial charge in [-0.3, -0.25) is 0 Å². The lowest BCUT2D eigenvalue weighted by Gasteiger charge is -2.05. The average Bonchev–Trinajstić information content (AvgIpc) is 2.51. The molecule has 0 aliphatic heterocycles. The van der Waals surface area contributed by atoms with Crippen molar-refractivity contribution in [1.29, 1.82) is 0 Å². The first-order valence-electron chi connectivity index (χ1n) is 9.81. The van der Waals surface area contributed by atoms with E-state index in [0.717, 1.165) is 0 Å². The van der Waals surface area contributed by atoms with Crippen LogP contribution in [0, 0.1) is 10.8 Å². The summed E-state index contributed by atoms with van der Waals surface area (Å²) in [6.07, 6.45) is 0. The van der Waals surface area contributed by atoms with Crippen LogP contribution in [-0.2, 0) is 0 Å². The first-order chi connectivity index (χ1) is 11.9. The Morgan fingerprint density at radius 1 is 0.423 bits per heavy atom. The van der Waals surface area contributed by atoms with Gasteiger partial charge in [0.1, 0.15) is 0 Å². The minimum Gasteiger partial charge on any atom is -0.0683 e. The van der Waals surface area contributed by atoms with Crippen molar-refractivity contribution in [3.8, 4) is 0 Å². The summed E-state index contributed by atoms with van der Waals surface area (Å²) >= 11 is 0. The summed E-state index contributed by atoms with van der Waals surface area (Å²) in [6, 6.07) is 21.4. The fourth-order valence-corrected chi connectivity index (χ4v) is 1.88. The number of fused-ring (bicyclic) bond motifs is 2. The number of rotatable bonds is 0. The van der Waals surface area contributed by atoms with Gasteiger partial charge in [-0.2, -0.15) is 0 Å². The number of benzene rings is 3. The van der Waals surface area contributed by atoms with Crippen LogP contribution in [0.4, 0.5) is 0 Å². The van der Waals surface area contributed by atoms with E-state index in [-0.39, 0.29) is 0 Å². The van der Waals surface area contributed by atoms with Crippen LogP contribution in [0.15, 0.2) is 60.7 Å². The highest BCUT2D eigenvalue weighted by Crippen LogP contribution is 2.22. The average molecular weight is 353 g/mol. The van der Waals surface area contributed by atoms with Crippen LogP contribution in [0.5, 0.6) is 0 Å². The topological polar surface area (TPSA) is 0 Å². The molecule has 0 spiro atoms. The first-order valence-corrected chi connectivity index (χ1v) is 9.81. The summed E-state index contributed by atoms with van der Waals surface area (Å²) in [5.41, 5.74) is 1.00. The lowest BCUT2D eigenvalue weighted by Crippen LogP contribution is -1.93. The maximum absolute atomic E-state index is 2.24. The Kier molecular flexibility index (Phi) is 10.2. The van der Waals surface area contributed by atoms with Crippen molar-refractivity contribution in [2.24, 2.45) is 10.8 Å². The molecule has 0 atom stereocenters. The molecule has 0 unspecified atom stereocenters. The van der Waals surface area contributed by atoms with Crippen LogP contribution in [0.2, 0.25) is 0 Å². The van der Waals surface area contributed by atoms with E-state index in [4.69, 9.17) is 0 Å². The monoisotopic (exact) mass is 352 g/mol. The van der Waals surface area contributed by atoms with E-state index >= 15 is 0 Å². The molecule has 26 heavy (non-hydrogen) atoms. The predicted molar refractivity (Wildman–Crippen MR) is 123 cm³/mol. The largest absolute Gasteiger partial charge is 0.0683 e. The first kappa shape index (κ1) is 24.2. The summed E-state index contributed by atoms with van der Waals surface area (Å²) in [5, 5.41) is 5.25. The van der Waals surface area contributed by atoms with Gasteiger partial charge in [-0.05, 0) is 44.5 Å². The summed E-state index contributed by atoms with van der Waals surface area (Å²) in [4.78, 5) is 0. The molecule has 0 aromatic heterocycles. The number of hydrogen-bond donors (Lipinski definition) is 0. The predicted octanol–water partition coefficient (Wildman–Crippen LogP) is 9.12. The summed E-state index contributed by atoms with van der Waals surface area (Å²) in [6.45, 7) is 21.5. The maximum atomic E-state index is 2.24. The van der Waals surface area contributed by atoms with Gasteiger partial charge in [0.25, 0.3) is 0 Å². The molecule has 0 saturated heterocycles. The highest BCUT2D eigenvalue weighted by atomic mass is 14.0. The van der Waals surface area contributed by atoms with Crippen LogP contribution in [0.25, 0.3) is 21.5 Å². The van der Waals surface area contributed by atoms with Crippen LogP contribution >= 0.6 is 0 Å². The fourth-order valence-electron chi connectivity index (χ4n) is 1.88. The van der Waals surface area contributed by atoms with E-state index in [1.165, 1.54) is 21.5 Å². The Hall–Kier alpha value is -1.82. The zero-order valence-corrected chi connectivity index (χ0v) is 18.8. The SMILES string of the molecule is CC.CC(C)(C)C.CC(C)(C)C.c1ccc2cc3ccccc3cc2c1. The molecule has 0 heteroatoms. The lowest BCUT2D eigenvalue weighted by atomic mass is 10.0. The van der Waals surface area contributed by atoms with Crippen molar-refractivity contribution < 1.29 is 0 Å². The second-order valence-corrected chi connectivity index (χ2v) is 9.55. The molecule has 0 heterocycles. The van der Waals surface area contributed by atoms with Crippen molar-refractivity contribution in [3.05, 3.63) is 60.7 Å². The van der Waals surface area contributed by atoms with Crippen molar-refractivity contribution in [2.45, 2.75) is 69.2 Å². The van der Waals surface area contributed by atoms with Gasteiger partial charge >= 0.3 is 0 Å². The molecular formula is C26H40. The molecule has 0 nitrogen and oxygen atoms in total. The molecule has 0 aliphatic carbocycles. The Morgan fingerprint density at radius 3 is 0.731 bits per heavy atom. The Labute approximate surface area is 162 Å². The van der Waals surface area contributed by atoms with E-state index in [1.54, 1.807) is 0 Å². The van der Waals surface area contributed by atoms with Crippen LogP contribution in [0.1, 0.15) is 69.2 Å². The molecule has 0 fully saturated rings. The fraction of sp³-hybridized carbons (Fsp3) is 0.462. The molecule has 0 N–H and O–H groups in total. The molecule has 3 aromatic rings. The smallest absolute Gasteiger partial charge is 0.0178 e.